The van der Waals surface area contributed by atoms with Gasteiger partial charge in [-0.25, -0.2) is 8.42 Å². The predicted octanol–water partition coefficient (Wildman–Crippen LogP) is 1.15. The molecule has 0 saturated heterocycles. The van der Waals surface area contributed by atoms with Crippen LogP contribution in [0.1, 0.15) is 5.56 Å². The lowest BCUT2D eigenvalue weighted by Gasteiger charge is -2.07. The highest BCUT2D eigenvalue weighted by Crippen LogP contribution is 2.19. The SMILES string of the molecule is CS(=O)(=O)CCNCCn1ccc2c(C#N)cccc21. The molecule has 0 aliphatic carbocycles. The lowest BCUT2D eigenvalue weighted by atomic mass is 10.1. The van der Waals surface area contributed by atoms with Crippen LogP contribution >= 0.6 is 0 Å². The third-order valence-corrected chi connectivity index (χ3v) is 4.06. The van der Waals surface area contributed by atoms with E-state index in [1.54, 1.807) is 6.07 Å². The van der Waals surface area contributed by atoms with Gasteiger partial charge in [-0.15, -0.1) is 0 Å². The van der Waals surface area contributed by atoms with Gasteiger partial charge in [-0.2, -0.15) is 5.26 Å². The zero-order chi connectivity index (χ0) is 14.6. The molecule has 0 spiro atoms. The minimum absolute atomic E-state index is 0.151. The fourth-order valence-electron chi connectivity index (χ4n) is 2.10. The Bertz CT molecular complexity index is 741. The molecule has 2 aromatic rings. The molecular weight excluding hydrogens is 274 g/mol. The molecule has 20 heavy (non-hydrogen) atoms. The maximum atomic E-state index is 11.0. The molecule has 2 rings (SSSR count). The van der Waals surface area contributed by atoms with Crippen LogP contribution in [-0.4, -0.2) is 38.1 Å². The van der Waals surface area contributed by atoms with Gasteiger partial charge < -0.3 is 9.88 Å². The average Bonchev–Trinajstić information content (AvgIpc) is 2.80. The number of nitriles is 1. The standard InChI is InChI=1S/C14H17N3O2S/c1-20(18,19)10-7-16-6-9-17-8-5-13-12(11-15)3-2-4-14(13)17/h2-5,8,16H,6-7,9-10H2,1H3. The largest absolute Gasteiger partial charge is 0.346 e. The average molecular weight is 291 g/mol. The summed E-state index contributed by atoms with van der Waals surface area (Å²) in [7, 11) is -2.91. The number of aromatic nitrogens is 1. The monoisotopic (exact) mass is 291 g/mol. The number of fused-ring (bicyclic) bond motifs is 1. The van der Waals surface area contributed by atoms with E-state index in [0.717, 1.165) is 17.4 Å². The molecule has 5 nitrogen and oxygen atoms in total. The minimum Gasteiger partial charge on any atom is -0.346 e. The third-order valence-electron chi connectivity index (χ3n) is 3.11. The van der Waals surface area contributed by atoms with Crippen LogP contribution in [0, 0.1) is 11.3 Å². The number of rotatable bonds is 6. The molecule has 0 aliphatic rings. The maximum Gasteiger partial charge on any atom is 0.148 e. The molecule has 0 amide bonds. The second-order valence-corrected chi connectivity index (χ2v) is 7.00. The summed E-state index contributed by atoms with van der Waals surface area (Å²) in [6, 6.07) is 9.77. The van der Waals surface area contributed by atoms with Crippen LogP contribution in [0.5, 0.6) is 0 Å². The Hall–Kier alpha value is -1.84. The molecule has 1 aromatic heterocycles. The normalized spacial score (nSPS) is 11.6. The highest BCUT2D eigenvalue weighted by atomic mass is 32.2. The van der Waals surface area contributed by atoms with Gasteiger partial charge in [-0.3, -0.25) is 0 Å². The Balaban J connectivity index is 1.96. The molecule has 0 fully saturated rings. The van der Waals surface area contributed by atoms with E-state index in [4.69, 9.17) is 5.26 Å². The Kier molecular flexibility index (Phi) is 4.42. The molecule has 6 heteroatoms. The first-order chi connectivity index (χ1) is 9.51. The summed E-state index contributed by atoms with van der Waals surface area (Å²) in [5.74, 6) is 0.151. The first-order valence-corrected chi connectivity index (χ1v) is 8.44. The van der Waals surface area contributed by atoms with Gasteiger partial charge in [0.05, 0.1) is 17.4 Å². The van der Waals surface area contributed by atoms with E-state index < -0.39 is 9.84 Å². The van der Waals surface area contributed by atoms with Crippen molar-refractivity contribution in [2.24, 2.45) is 0 Å². The van der Waals surface area contributed by atoms with Crippen LogP contribution in [0.4, 0.5) is 0 Å². The smallest absolute Gasteiger partial charge is 0.148 e. The number of nitrogens with one attached hydrogen (secondary N) is 1. The van der Waals surface area contributed by atoms with E-state index in [1.807, 2.05) is 24.4 Å². The van der Waals surface area contributed by atoms with Gasteiger partial charge in [-0.1, -0.05) is 6.07 Å². The summed E-state index contributed by atoms with van der Waals surface area (Å²) in [6.07, 6.45) is 3.18. The van der Waals surface area contributed by atoms with Crippen LogP contribution in [0.3, 0.4) is 0 Å². The lowest BCUT2D eigenvalue weighted by molar-refractivity contribution is 0.589. The number of benzene rings is 1. The van der Waals surface area contributed by atoms with Crippen molar-refractivity contribution < 1.29 is 8.42 Å². The summed E-state index contributed by atoms with van der Waals surface area (Å²) >= 11 is 0. The molecule has 0 aliphatic heterocycles. The fourth-order valence-corrected chi connectivity index (χ4v) is 2.61. The summed E-state index contributed by atoms with van der Waals surface area (Å²) in [6.45, 7) is 1.89. The van der Waals surface area contributed by atoms with Crippen molar-refractivity contribution in [2.45, 2.75) is 6.54 Å². The van der Waals surface area contributed by atoms with E-state index >= 15 is 0 Å². The predicted molar refractivity (Wildman–Crippen MR) is 79.2 cm³/mol. The van der Waals surface area contributed by atoms with Crippen molar-refractivity contribution in [3.8, 4) is 6.07 Å². The van der Waals surface area contributed by atoms with Crippen molar-refractivity contribution in [1.82, 2.24) is 9.88 Å². The topological polar surface area (TPSA) is 74.9 Å². The van der Waals surface area contributed by atoms with Gasteiger partial charge in [0.15, 0.2) is 0 Å². The Labute approximate surface area is 118 Å². The summed E-state index contributed by atoms with van der Waals surface area (Å²) < 4.78 is 24.0. The van der Waals surface area contributed by atoms with Crippen molar-refractivity contribution in [1.29, 1.82) is 5.26 Å². The van der Waals surface area contributed by atoms with Gasteiger partial charge in [-0.05, 0) is 18.2 Å². The highest BCUT2D eigenvalue weighted by Gasteiger charge is 2.05. The molecule has 0 saturated carbocycles. The second kappa shape index (κ2) is 6.07. The lowest BCUT2D eigenvalue weighted by Crippen LogP contribution is -2.25. The van der Waals surface area contributed by atoms with Crippen molar-refractivity contribution in [3.05, 3.63) is 36.0 Å². The van der Waals surface area contributed by atoms with Gasteiger partial charge in [0, 0.05) is 43.0 Å². The van der Waals surface area contributed by atoms with Gasteiger partial charge >= 0.3 is 0 Å². The Morgan fingerprint density at radius 1 is 1.30 bits per heavy atom. The molecule has 0 radical (unpaired) electrons. The molecule has 106 valence electrons. The number of hydrogen-bond acceptors (Lipinski definition) is 4. The summed E-state index contributed by atoms with van der Waals surface area (Å²) in [5, 5.41) is 13.1. The van der Waals surface area contributed by atoms with Crippen molar-refractivity contribution in [3.63, 3.8) is 0 Å². The molecule has 1 aromatic carbocycles. The number of hydrogen-bond donors (Lipinski definition) is 1. The van der Waals surface area contributed by atoms with Crippen LogP contribution in [-0.2, 0) is 16.4 Å². The van der Waals surface area contributed by atoms with E-state index in [9.17, 15) is 8.42 Å². The molecule has 1 N–H and O–H groups in total. The Morgan fingerprint density at radius 2 is 2.10 bits per heavy atom. The van der Waals surface area contributed by atoms with Crippen molar-refractivity contribution >= 4 is 20.7 Å². The Morgan fingerprint density at radius 3 is 2.80 bits per heavy atom. The molecular formula is C14H17N3O2S. The summed E-state index contributed by atoms with van der Waals surface area (Å²) in [4.78, 5) is 0. The number of nitrogens with zero attached hydrogens (tertiary/aromatic N) is 2. The maximum absolute atomic E-state index is 11.0. The molecule has 1 heterocycles. The second-order valence-electron chi connectivity index (χ2n) is 4.74. The zero-order valence-corrected chi connectivity index (χ0v) is 12.2. The fraction of sp³-hybridized carbons (Fsp3) is 0.357. The van der Waals surface area contributed by atoms with Gasteiger partial charge in [0.2, 0.25) is 0 Å². The van der Waals surface area contributed by atoms with E-state index in [1.165, 1.54) is 6.26 Å². The van der Waals surface area contributed by atoms with Crippen LogP contribution in [0.2, 0.25) is 0 Å². The summed E-state index contributed by atoms with van der Waals surface area (Å²) in [5.41, 5.74) is 1.69. The zero-order valence-electron chi connectivity index (χ0n) is 11.3. The minimum atomic E-state index is -2.91. The highest BCUT2D eigenvalue weighted by molar-refractivity contribution is 7.90. The van der Waals surface area contributed by atoms with Crippen LogP contribution in [0.15, 0.2) is 30.5 Å². The van der Waals surface area contributed by atoms with Crippen LogP contribution in [0.25, 0.3) is 10.9 Å². The van der Waals surface area contributed by atoms with E-state index in [0.29, 0.717) is 18.7 Å². The molecule has 0 bridgehead atoms. The molecule has 0 unspecified atom stereocenters. The van der Waals surface area contributed by atoms with Gasteiger partial charge in [0.25, 0.3) is 0 Å². The number of sulfone groups is 1. The molecule has 0 atom stereocenters. The van der Waals surface area contributed by atoms with Gasteiger partial charge in [0.1, 0.15) is 9.84 Å². The van der Waals surface area contributed by atoms with Crippen LogP contribution < -0.4 is 5.32 Å². The van der Waals surface area contributed by atoms with Crippen molar-refractivity contribution in [2.75, 3.05) is 25.1 Å². The quantitative estimate of drug-likeness (QED) is 0.810. The van der Waals surface area contributed by atoms with E-state index in [2.05, 4.69) is 16.0 Å². The van der Waals surface area contributed by atoms with E-state index in [-0.39, 0.29) is 5.75 Å². The first-order valence-electron chi connectivity index (χ1n) is 6.38. The first kappa shape index (κ1) is 14.6. The third kappa shape index (κ3) is 3.59.